The summed E-state index contributed by atoms with van der Waals surface area (Å²) in [5, 5.41) is 9.37. The Balaban J connectivity index is 1.55. The summed E-state index contributed by atoms with van der Waals surface area (Å²) in [5.41, 5.74) is 5.03. The molecule has 10 nitrogen and oxygen atoms in total. The highest BCUT2D eigenvalue weighted by atomic mass is 32.2. The smallest absolute Gasteiger partial charge is 0.303 e. The molecule has 2 atom stereocenters. The van der Waals surface area contributed by atoms with Gasteiger partial charge in [-0.05, 0) is 91.6 Å². The molecule has 0 aliphatic carbocycles. The Bertz CT molecular complexity index is 1510. The number of hydrogen-bond acceptors (Lipinski definition) is 6. The molecule has 4 bridgehead atoms. The van der Waals surface area contributed by atoms with E-state index in [1.165, 1.54) is 31.0 Å². The minimum absolute atomic E-state index is 0.145. The van der Waals surface area contributed by atoms with Gasteiger partial charge < -0.3 is 16.0 Å². The van der Waals surface area contributed by atoms with E-state index in [-0.39, 0.29) is 17.9 Å². The van der Waals surface area contributed by atoms with Crippen molar-refractivity contribution in [3.63, 3.8) is 0 Å². The van der Waals surface area contributed by atoms with Crippen LogP contribution in [0.4, 0.5) is 5.69 Å². The van der Waals surface area contributed by atoms with Gasteiger partial charge in [-0.25, -0.2) is 0 Å². The Morgan fingerprint density at radius 1 is 1.00 bits per heavy atom. The molecule has 2 aromatic carbocycles. The van der Waals surface area contributed by atoms with Crippen molar-refractivity contribution < 1.29 is 18.0 Å². The fraction of sp³-hybridized carbons (Fsp3) is 0.406. The SMILES string of the molecule is C[C@H](NC[C@@H]1Cc2cccc(c2)CCCCc2cc(cc(N(C)S(=O)(=O)N(C)C)c2)C(=O)N1)C(=O)NCc1ccncc1. The molecular formula is C32H42N6O4S. The Kier molecular flexibility index (Phi) is 10.9. The van der Waals surface area contributed by atoms with Crippen LogP contribution in [0.25, 0.3) is 0 Å². The first-order valence-corrected chi connectivity index (χ1v) is 16.0. The van der Waals surface area contributed by atoms with Crippen molar-refractivity contribution in [2.24, 2.45) is 0 Å². The van der Waals surface area contributed by atoms with E-state index in [4.69, 9.17) is 0 Å². The van der Waals surface area contributed by atoms with Crippen LogP contribution in [0.1, 0.15) is 52.4 Å². The molecule has 1 aliphatic rings. The average molecular weight is 607 g/mol. The van der Waals surface area contributed by atoms with Gasteiger partial charge in [0.1, 0.15) is 0 Å². The summed E-state index contributed by atoms with van der Waals surface area (Å²) in [4.78, 5) is 30.5. The number of benzene rings is 2. The van der Waals surface area contributed by atoms with E-state index < -0.39 is 16.3 Å². The highest BCUT2D eigenvalue weighted by Gasteiger charge is 2.24. The first-order chi connectivity index (χ1) is 20.5. The van der Waals surface area contributed by atoms with Gasteiger partial charge in [-0.1, -0.05) is 24.3 Å². The summed E-state index contributed by atoms with van der Waals surface area (Å²) in [6, 6.07) is 16.6. The summed E-state index contributed by atoms with van der Waals surface area (Å²) in [5.74, 6) is -0.443. The average Bonchev–Trinajstić information content (AvgIpc) is 3.00. The van der Waals surface area contributed by atoms with Crippen molar-refractivity contribution >= 4 is 27.7 Å². The van der Waals surface area contributed by atoms with Crippen LogP contribution >= 0.6 is 0 Å². The zero-order chi connectivity index (χ0) is 31.0. The molecule has 2 amide bonds. The zero-order valence-corrected chi connectivity index (χ0v) is 26.2. The minimum Gasteiger partial charge on any atom is -0.351 e. The maximum absolute atomic E-state index is 13.7. The van der Waals surface area contributed by atoms with E-state index in [2.05, 4.69) is 39.1 Å². The quantitative estimate of drug-likeness (QED) is 0.344. The molecule has 1 aromatic heterocycles. The van der Waals surface area contributed by atoms with Crippen molar-refractivity contribution in [2.45, 2.75) is 57.7 Å². The molecule has 43 heavy (non-hydrogen) atoms. The molecule has 230 valence electrons. The van der Waals surface area contributed by atoms with E-state index >= 15 is 0 Å². The van der Waals surface area contributed by atoms with Crippen molar-refractivity contribution in [3.8, 4) is 0 Å². The highest BCUT2D eigenvalue weighted by Crippen LogP contribution is 2.24. The topological polar surface area (TPSA) is 124 Å². The third-order valence-electron chi connectivity index (χ3n) is 7.68. The van der Waals surface area contributed by atoms with Gasteiger partial charge in [-0.15, -0.1) is 0 Å². The van der Waals surface area contributed by atoms with Gasteiger partial charge in [0.15, 0.2) is 0 Å². The van der Waals surface area contributed by atoms with Gasteiger partial charge in [-0.3, -0.25) is 18.9 Å². The second kappa shape index (κ2) is 14.6. The molecule has 11 heteroatoms. The van der Waals surface area contributed by atoms with E-state index in [1.807, 2.05) is 30.3 Å². The van der Waals surface area contributed by atoms with Gasteiger partial charge in [0.05, 0.1) is 11.7 Å². The van der Waals surface area contributed by atoms with E-state index in [9.17, 15) is 18.0 Å². The molecule has 0 spiro atoms. The van der Waals surface area contributed by atoms with Crippen LogP contribution in [0.3, 0.4) is 0 Å². The number of anilines is 1. The number of nitrogens with one attached hydrogen (secondary N) is 3. The minimum atomic E-state index is -3.73. The van der Waals surface area contributed by atoms with Crippen molar-refractivity contribution in [2.75, 3.05) is 32.0 Å². The number of carbonyl (C=O) groups is 2. The lowest BCUT2D eigenvalue weighted by molar-refractivity contribution is -0.122. The van der Waals surface area contributed by atoms with Crippen LogP contribution in [0.15, 0.2) is 67.0 Å². The van der Waals surface area contributed by atoms with Gasteiger partial charge in [0, 0.05) is 58.2 Å². The highest BCUT2D eigenvalue weighted by molar-refractivity contribution is 7.90. The predicted molar refractivity (Wildman–Crippen MR) is 169 cm³/mol. The number of aromatic nitrogens is 1. The molecule has 0 radical (unpaired) electrons. The number of hydrogen-bond donors (Lipinski definition) is 3. The third kappa shape index (κ3) is 8.85. The Labute approximate surface area is 255 Å². The Morgan fingerprint density at radius 3 is 2.42 bits per heavy atom. The molecule has 1 aliphatic heterocycles. The molecule has 0 unspecified atom stereocenters. The maximum Gasteiger partial charge on any atom is 0.303 e. The number of aryl methyl sites for hydroxylation is 2. The first-order valence-electron chi connectivity index (χ1n) is 14.6. The molecule has 0 saturated heterocycles. The monoisotopic (exact) mass is 606 g/mol. The largest absolute Gasteiger partial charge is 0.351 e. The lowest BCUT2D eigenvalue weighted by Gasteiger charge is -2.25. The zero-order valence-electron chi connectivity index (χ0n) is 25.3. The summed E-state index contributed by atoms with van der Waals surface area (Å²) in [7, 11) is 0.721. The van der Waals surface area contributed by atoms with Crippen molar-refractivity contribution in [1.82, 2.24) is 25.2 Å². The lowest BCUT2D eigenvalue weighted by Crippen LogP contribution is -2.49. The lowest BCUT2D eigenvalue weighted by atomic mass is 9.97. The van der Waals surface area contributed by atoms with Crippen molar-refractivity contribution in [3.05, 3.63) is 94.8 Å². The summed E-state index contributed by atoms with van der Waals surface area (Å²) in [6.45, 7) is 2.56. The molecule has 4 rings (SSSR count). The summed E-state index contributed by atoms with van der Waals surface area (Å²) >= 11 is 0. The normalized spacial score (nSPS) is 16.6. The predicted octanol–water partition coefficient (Wildman–Crippen LogP) is 2.84. The number of rotatable bonds is 9. The molecule has 0 saturated carbocycles. The molecule has 3 N–H and O–H groups in total. The van der Waals surface area contributed by atoms with E-state index in [1.54, 1.807) is 25.4 Å². The van der Waals surface area contributed by atoms with Gasteiger partial charge in [-0.2, -0.15) is 12.7 Å². The fourth-order valence-corrected chi connectivity index (χ4v) is 5.92. The van der Waals surface area contributed by atoms with Crippen LogP contribution in [0.2, 0.25) is 0 Å². The summed E-state index contributed by atoms with van der Waals surface area (Å²) < 4.78 is 28.1. The Morgan fingerprint density at radius 2 is 1.70 bits per heavy atom. The van der Waals surface area contributed by atoms with E-state index in [0.717, 1.165) is 46.7 Å². The number of carbonyl (C=O) groups excluding carboxylic acids is 2. The van der Waals surface area contributed by atoms with Gasteiger partial charge in [0.25, 0.3) is 5.91 Å². The molecule has 0 fully saturated rings. The first kappa shape index (κ1) is 32.1. The standard InChI is InChI=1S/C32H42N6O4S/c1-23(31(39)35-21-25-12-14-33-15-13-25)34-22-29-18-26-11-7-10-24(16-26)8-5-6-9-27-17-28(32(40)36-29)20-30(19-27)38(4)43(41,42)37(2)3/h7,10-17,19-20,23,29,34H,5-6,8-9,18,21-22H2,1-4H3,(H,35,39)(H,36,40)/t23-,29-/m0/s1. The van der Waals surface area contributed by atoms with Crippen LogP contribution < -0.4 is 20.3 Å². The molecule has 3 aromatic rings. The van der Waals surface area contributed by atoms with Gasteiger partial charge >= 0.3 is 10.2 Å². The second-order valence-corrected chi connectivity index (χ2v) is 13.4. The number of pyridine rings is 1. The number of fused-ring (bicyclic) bond motifs is 4. The van der Waals surface area contributed by atoms with E-state index in [0.29, 0.717) is 30.8 Å². The van der Waals surface area contributed by atoms with Crippen LogP contribution in [-0.4, -0.2) is 69.3 Å². The van der Waals surface area contributed by atoms with Crippen LogP contribution in [0.5, 0.6) is 0 Å². The fourth-order valence-electron chi connectivity index (χ4n) is 5.06. The molecular weight excluding hydrogens is 564 g/mol. The number of amides is 2. The van der Waals surface area contributed by atoms with Crippen LogP contribution in [-0.2, 0) is 40.8 Å². The molecule has 2 heterocycles. The Hall–Kier alpha value is -3.80. The third-order valence-corrected chi connectivity index (χ3v) is 9.51. The second-order valence-electron chi connectivity index (χ2n) is 11.3. The summed E-state index contributed by atoms with van der Waals surface area (Å²) in [6.07, 6.45) is 7.47. The van der Waals surface area contributed by atoms with Crippen molar-refractivity contribution in [1.29, 1.82) is 0 Å². The van der Waals surface area contributed by atoms with Crippen LogP contribution in [0, 0.1) is 0 Å². The van der Waals surface area contributed by atoms with Gasteiger partial charge in [0.2, 0.25) is 5.91 Å². The maximum atomic E-state index is 13.7. The number of nitrogens with zero attached hydrogens (tertiary/aromatic N) is 3.